The van der Waals surface area contributed by atoms with Crippen molar-refractivity contribution in [3.63, 3.8) is 0 Å². The van der Waals surface area contributed by atoms with Gasteiger partial charge in [-0.15, -0.1) is 0 Å². The topological polar surface area (TPSA) is 98.0 Å². The van der Waals surface area contributed by atoms with Crippen LogP contribution in [0.1, 0.15) is 5.56 Å². The zero-order valence-electron chi connectivity index (χ0n) is 9.22. The normalized spacial score (nSPS) is 11.8. The summed E-state index contributed by atoms with van der Waals surface area (Å²) in [5, 5.41) is 19.0. The van der Waals surface area contributed by atoms with Crippen LogP contribution in [0.5, 0.6) is 0 Å². The summed E-state index contributed by atoms with van der Waals surface area (Å²) in [6.07, 6.45) is -4.48. The molecule has 0 unspecified atom stereocenters. The van der Waals surface area contributed by atoms with E-state index in [1.165, 1.54) is 12.1 Å². The summed E-state index contributed by atoms with van der Waals surface area (Å²) in [4.78, 5) is 0. The van der Waals surface area contributed by atoms with E-state index in [0.29, 0.717) is 0 Å². The Morgan fingerprint density at radius 2 is 2.11 bits per heavy atom. The Balaban J connectivity index is 3.06. The van der Waals surface area contributed by atoms with Crippen molar-refractivity contribution in [3.8, 4) is 6.07 Å². The van der Waals surface area contributed by atoms with E-state index in [2.05, 4.69) is 10.5 Å². The number of rotatable bonds is 3. The number of halogens is 4. The fourth-order valence-electron chi connectivity index (χ4n) is 1.08. The zero-order chi connectivity index (χ0) is 14.6. The Kier molecular flexibility index (Phi) is 4.71. The number of hydrogen-bond acceptors (Lipinski definition) is 4. The van der Waals surface area contributed by atoms with Gasteiger partial charge in [0.1, 0.15) is 6.07 Å². The highest BCUT2D eigenvalue weighted by atomic mass is 127. The van der Waals surface area contributed by atoms with Crippen LogP contribution in [0.25, 0.3) is 0 Å². The van der Waals surface area contributed by atoms with Gasteiger partial charge in [-0.05, 0) is 40.8 Å². The number of nitrogens with one attached hydrogen (secondary N) is 2. The molecular formula is C10H7F3IN5. The van der Waals surface area contributed by atoms with Crippen LogP contribution in [-0.2, 0) is 6.18 Å². The van der Waals surface area contributed by atoms with Crippen molar-refractivity contribution >= 4 is 39.8 Å². The molecule has 0 atom stereocenters. The number of benzene rings is 1. The molecular weight excluding hydrogens is 374 g/mol. The van der Waals surface area contributed by atoms with E-state index in [9.17, 15) is 13.2 Å². The van der Waals surface area contributed by atoms with E-state index in [-0.39, 0.29) is 9.26 Å². The monoisotopic (exact) mass is 381 g/mol. The van der Waals surface area contributed by atoms with Gasteiger partial charge in [0.15, 0.2) is 5.84 Å². The molecule has 5 nitrogen and oxygen atoms in total. The first kappa shape index (κ1) is 15.2. The van der Waals surface area contributed by atoms with Crippen molar-refractivity contribution in [3.05, 3.63) is 27.3 Å². The van der Waals surface area contributed by atoms with Crippen LogP contribution < -0.4 is 11.2 Å². The number of nitriles is 1. The minimum atomic E-state index is -4.48. The molecule has 19 heavy (non-hydrogen) atoms. The summed E-state index contributed by atoms with van der Waals surface area (Å²) >= 11 is 1.57. The zero-order valence-corrected chi connectivity index (χ0v) is 11.4. The van der Waals surface area contributed by atoms with Crippen LogP contribution in [0.4, 0.5) is 18.9 Å². The number of hydrazone groups is 1. The van der Waals surface area contributed by atoms with Crippen molar-refractivity contribution in [2.45, 2.75) is 6.18 Å². The molecule has 0 aliphatic rings. The van der Waals surface area contributed by atoms with Gasteiger partial charge in [-0.2, -0.15) is 23.5 Å². The van der Waals surface area contributed by atoms with Crippen LogP contribution in [-0.4, -0.2) is 11.5 Å². The van der Waals surface area contributed by atoms with E-state index in [0.717, 1.165) is 6.07 Å². The standard InChI is InChI=1S/C10H7F3IN5/c11-10(12,13)6-3-5(1-2-7(6)14)18-19-8(4-15)9(16)17/h1-3,18H,(H3,16,17)/b19-8+. The van der Waals surface area contributed by atoms with E-state index in [1.54, 1.807) is 28.7 Å². The third-order valence-corrected chi connectivity index (χ3v) is 2.87. The third kappa shape index (κ3) is 4.09. The SMILES string of the molecule is N#C/C(=N\Nc1ccc(I)c(C(F)(F)F)c1)C(=N)N. The molecule has 0 saturated carbocycles. The predicted molar refractivity (Wildman–Crippen MR) is 72.7 cm³/mol. The Morgan fingerprint density at radius 3 is 2.58 bits per heavy atom. The average molecular weight is 381 g/mol. The number of nitrogens with zero attached hydrogens (tertiary/aromatic N) is 2. The van der Waals surface area contributed by atoms with Crippen LogP contribution >= 0.6 is 22.6 Å². The summed E-state index contributed by atoms with van der Waals surface area (Å²) in [6, 6.07) is 5.04. The Hall–Kier alpha value is -1.83. The molecule has 0 bridgehead atoms. The predicted octanol–water partition coefficient (Wildman–Crippen LogP) is 2.54. The first-order valence-corrected chi connectivity index (χ1v) is 5.78. The second-order valence-electron chi connectivity index (χ2n) is 3.29. The van der Waals surface area contributed by atoms with Crippen molar-refractivity contribution in [2.24, 2.45) is 10.8 Å². The molecule has 1 rings (SSSR count). The largest absolute Gasteiger partial charge is 0.417 e. The van der Waals surface area contributed by atoms with Crippen molar-refractivity contribution in [1.82, 2.24) is 0 Å². The molecule has 1 aromatic carbocycles. The Bertz CT molecular complexity index is 574. The minimum Gasteiger partial charge on any atom is -0.382 e. The molecule has 0 amide bonds. The van der Waals surface area contributed by atoms with E-state index < -0.39 is 23.3 Å². The maximum absolute atomic E-state index is 12.6. The number of alkyl halides is 3. The van der Waals surface area contributed by atoms with Gasteiger partial charge in [0.25, 0.3) is 0 Å². The maximum atomic E-state index is 12.6. The minimum absolute atomic E-state index is 0.0433. The van der Waals surface area contributed by atoms with Gasteiger partial charge in [0, 0.05) is 3.57 Å². The molecule has 0 saturated heterocycles. The quantitative estimate of drug-likeness (QED) is 0.325. The van der Waals surface area contributed by atoms with E-state index in [1.807, 2.05) is 0 Å². The molecule has 0 spiro atoms. The van der Waals surface area contributed by atoms with Crippen molar-refractivity contribution in [1.29, 1.82) is 10.7 Å². The first-order chi connectivity index (χ1) is 8.75. The maximum Gasteiger partial charge on any atom is 0.417 e. The highest BCUT2D eigenvalue weighted by molar-refractivity contribution is 14.1. The molecule has 0 fully saturated rings. The number of nitrogens with two attached hydrogens (primary N) is 1. The van der Waals surface area contributed by atoms with Gasteiger partial charge in [0.05, 0.1) is 11.3 Å². The summed E-state index contributed by atoms with van der Waals surface area (Å²) in [5.74, 6) is -0.573. The van der Waals surface area contributed by atoms with E-state index in [4.69, 9.17) is 16.4 Å². The molecule has 0 aliphatic carbocycles. The van der Waals surface area contributed by atoms with Crippen LogP contribution in [0.15, 0.2) is 23.3 Å². The van der Waals surface area contributed by atoms with Gasteiger partial charge in [0.2, 0.25) is 5.71 Å². The number of hydrogen-bond donors (Lipinski definition) is 3. The van der Waals surface area contributed by atoms with Gasteiger partial charge in [-0.1, -0.05) is 0 Å². The molecule has 1 aromatic rings. The smallest absolute Gasteiger partial charge is 0.382 e. The third-order valence-electron chi connectivity index (χ3n) is 1.93. The van der Waals surface area contributed by atoms with E-state index >= 15 is 0 Å². The van der Waals surface area contributed by atoms with Gasteiger partial charge < -0.3 is 5.73 Å². The summed E-state index contributed by atoms with van der Waals surface area (Å²) < 4.78 is 38.0. The second-order valence-corrected chi connectivity index (χ2v) is 4.45. The number of anilines is 1. The molecule has 4 N–H and O–H groups in total. The summed E-state index contributed by atoms with van der Waals surface area (Å²) in [5.41, 5.74) is 6.12. The fourth-order valence-corrected chi connectivity index (χ4v) is 1.72. The van der Waals surface area contributed by atoms with Gasteiger partial charge >= 0.3 is 6.18 Å². The lowest BCUT2D eigenvalue weighted by atomic mass is 10.2. The van der Waals surface area contributed by atoms with Crippen LogP contribution in [0.2, 0.25) is 0 Å². The summed E-state index contributed by atoms with van der Waals surface area (Å²) in [6.45, 7) is 0. The number of amidine groups is 1. The lowest BCUT2D eigenvalue weighted by molar-refractivity contribution is -0.138. The molecule has 0 aliphatic heterocycles. The highest BCUT2D eigenvalue weighted by Gasteiger charge is 2.33. The molecule has 9 heteroatoms. The second kappa shape index (κ2) is 5.87. The lowest BCUT2D eigenvalue weighted by Crippen LogP contribution is -2.21. The van der Waals surface area contributed by atoms with Gasteiger partial charge in [-0.3, -0.25) is 10.8 Å². The molecule has 0 aromatic heterocycles. The van der Waals surface area contributed by atoms with Gasteiger partial charge in [-0.25, -0.2) is 0 Å². The van der Waals surface area contributed by atoms with Crippen molar-refractivity contribution in [2.75, 3.05) is 5.43 Å². The fraction of sp³-hybridized carbons (Fsp3) is 0.100. The lowest BCUT2D eigenvalue weighted by Gasteiger charge is -2.10. The van der Waals surface area contributed by atoms with Crippen molar-refractivity contribution < 1.29 is 13.2 Å². The molecule has 0 radical (unpaired) electrons. The highest BCUT2D eigenvalue weighted by Crippen LogP contribution is 2.34. The summed E-state index contributed by atoms with van der Waals surface area (Å²) in [7, 11) is 0. The Morgan fingerprint density at radius 1 is 1.47 bits per heavy atom. The van der Waals surface area contributed by atoms with Crippen LogP contribution in [0.3, 0.4) is 0 Å². The van der Waals surface area contributed by atoms with Crippen LogP contribution in [0, 0.1) is 20.3 Å². The molecule has 0 heterocycles. The first-order valence-electron chi connectivity index (χ1n) is 4.70. The molecule has 100 valence electrons. The average Bonchev–Trinajstić information content (AvgIpc) is 2.30. The Labute approximate surface area is 119 Å².